The number of nitrogens with two attached hydrogens (primary N) is 1. The summed E-state index contributed by atoms with van der Waals surface area (Å²) in [5.74, 6) is 0.304. The van der Waals surface area contributed by atoms with E-state index in [1.165, 1.54) is 18.6 Å². The predicted molar refractivity (Wildman–Crippen MR) is 107 cm³/mol. The van der Waals surface area contributed by atoms with E-state index < -0.39 is 11.7 Å². The lowest BCUT2D eigenvalue weighted by Crippen LogP contribution is -2.37. The van der Waals surface area contributed by atoms with Gasteiger partial charge in [0, 0.05) is 24.2 Å². The Morgan fingerprint density at radius 3 is 2.40 bits per heavy atom. The first-order chi connectivity index (χ1) is 14.3. The minimum absolute atomic E-state index is 0.0491. The molecule has 0 unspecified atom stereocenters. The molecule has 2 heterocycles. The largest absolute Gasteiger partial charge is 0.416 e. The van der Waals surface area contributed by atoms with E-state index in [1.807, 2.05) is 4.90 Å². The molecule has 1 saturated heterocycles. The fraction of sp³-hybridized carbons (Fsp3) is 0.500. The zero-order valence-electron chi connectivity index (χ0n) is 16.7. The van der Waals surface area contributed by atoms with E-state index >= 15 is 0 Å². The summed E-state index contributed by atoms with van der Waals surface area (Å²) in [6, 6.07) is 4.71. The molecule has 1 aromatic heterocycles. The molecule has 2 N–H and O–H groups in total. The van der Waals surface area contributed by atoms with Gasteiger partial charge in [-0.15, -0.1) is 0 Å². The maximum Gasteiger partial charge on any atom is 0.416 e. The molecular weight excluding hydrogens is 393 g/mol. The van der Waals surface area contributed by atoms with Crippen LogP contribution in [0.2, 0.25) is 0 Å². The molecule has 1 aliphatic heterocycles. The maximum atomic E-state index is 13.2. The summed E-state index contributed by atoms with van der Waals surface area (Å²) in [4.78, 5) is 23.6. The summed E-state index contributed by atoms with van der Waals surface area (Å²) in [7, 11) is 0. The van der Waals surface area contributed by atoms with Crippen molar-refractivity contribution < 1.29 is 18.0 Å². The smallest absolute Gasteiger partial charge is 0.368 e. The van der Waals surface area contributed by atoms with Crippen LogP contribution in [0.15, 0.2) is 30.5 Å². The van der Waals surface area contributed by atoms with Crippen LogP contribution in [-0.4, -0.2) is 27.3 Å². The van der Waals surface area contributed by atoms with Crippen LogP contribution in [0.5, 0.6) is 0 Å². The van der Waals surface area contributed by atoms with Gasteiger partial charge in [0.25, 0.3) is 0 Å². The number of carbonyl (C=O) groups is 1. The molecular formula is C22H25F3N4O. The first-order valence-corrected chi connectivity index (χ1v) is 10.4. The lowest BCUT2D eigenvalue weighted by Gasteiger charge is -2.31. The van der Waals surface area contributed by atoms with Gasteiger partial charge in [-0.2, -0.15) is 13.2 Å². The number of hydrogen-bond acceptors (Lipinski definition) is 4. The predicted octanol–water partition coefficient (Wildman–Crippen LogP) is 4.99. The third-order valence-electron chi connectivity index (χ3n) is 6.17. The molecule has 30 heavy (non-hydrogen) atoms. The van der Waals surface area contributed by atoms with Crippen molar-refractivity contribution >= 4 is 11.9 Å². The van der Waals surface area contributed by atoms with E-state index in [0.29, 0.717) is 23.4 Å². The highest BCUT2D eigenvalue weighted by Crippen LogP contribution is 2.39. The van der Waals surface area contributed by atoms with Gasteiger partial charge >= 0.3 is 6.18 Å². The third kappa shape index (κ3) is 4.13. The molecule has 2 aromatic rings. The molecule has 1 aliphatic carbocycles. The van der Waals surface area contributed by atoms with Crippen LogP contribution in [0.25, 0.3) is 11.1 Å². The number of nitrogens with zero attached hydrogens (tertiary/aromatic N) is 3. The number of amides is 1. The van der Waals surface area contributed by atoms with Crippen molar-refractivity contribution in [2.75, 3.05) is 12.3 Å². The topological polar surface area (TPSA) is 72.1 Å². The van der Waals surface area contributed by atoms with Crippen LogP contribution in [0.4, 0.5) is 19.1 Å². The third-order valence-corrected chi connectivity index (χ3v) is 6.17. The fourth-order valence-electron chi connectivity index (χ4n) is 4.62. The average molecular weight is 418 g/mol. The van der Waals surface area contributed by atoms with E-state index in [2.05, 4.69) is 9.97 Å². The van der Waals surface area contributed by atoms with Gasteiger partial charge in [-0.3, -0.25) is 4.79 Å². The van der Waals surface area contributed by atoms with E-state index in [4.69, 9.17) is 5.73 Å². The molecule has 8 heteroatoms. The van der Waals surface area contributed by atoms with Crippen molar-refractivity contribution in [2.45, 2.75) is 57.2 Å². The molecule has 0 spiro atoms. The zero-order valence-corrected chi connectivity index (χ0v) is 16.7. The van der Waals surface area contributed by atoms with Crippen molar-refractivity contribution in [3.63, 3.8) is 0 Å². The van der Waals surface area contributed by atoms with Crippen LogP contribution < -0.4 is 5.73 Å². The van der Waals surface area contributed by atoms with Crippen LogP contribution >= 0.6 is 0 Å². The Morgan fingerprint density at radius 1 is 1.03 bits per heavy atom. The van der Waals surface area contributed by atoms with Gasteiger partial charge in [-0.25, -0.2) is 9.97 Å². The number of nitrogen functional groups attached to an aromatic ring is 1. The Morgan fingerprint density at radius 2 is 1.73 bits per heavy atom. The van der Waals surface area contributed by atoms with Gasteiger partial charge in [0.2, 0.25) is 11.9 Å². The summed E-state index contributed by atoms with van der Waals surface area (Å²) in [6.45, 7) is 0.663. The number of likely N-dealkylation sites (tertiary alicyclic amines) is 1. The van der Waals surface area contributed by atoms with Crippen LogP contribution in [0.3, 0.4) is 0 Å². The van der Waals surface area contributed by atoms with Crippen LogP contribution in [0.1, 0.15) is 62.2 Å². The second-order valence-electron chi connectivity index (χ2n) is 8.13. The van der Waals surface area contributed by atoms with Crippen molar-refractivity contribution in [1.29, 1.82) is 0 Å². The van der Waals surface area contributed by atoms with E-state index in [9.17, 15) is 18.0 Å². The molecule has 2 fully saturated rings. The molecule has 2 aliphatic rings. The van der Waals surface area contributed by atoms with Gasteiger partial charge < -0.3 is 10.6 Å². The van der Waals surface area contributed by atoms with Crippen molar-refractivity contribution in [2.24, 2.45) is 5.92 Å². The summed E-state index contributed by atoms with van der Waals surface area (Å²) in [5, 5.41) is 0. The number of hydrogen-bond donors (Lipinski definition) is 1. The fourth-order valence-corrected chi connectivity index (χ4v) is 4.62. The summed E-state index contributed by atoms with van der Waals surface area (Å²) in [5.41, 5.74) is 6.95. The average Bonchev–Trinajstić information content (AvgIpc) is 3.23. The van der Waals surface area contributed by atoms with Gasteiger partial charge in [-0.05, 0) is 43.4 Å². The number of aromatic nitrogens is 2. The molecule has 1 amide bonds. The zero-order chi connectivity index (χ0) is 21.3. The molecule has 1 saturated carbocycles. The minimum atomic E-state index is -4.40. The number of carbonyl (C=O) groups excluding carboxylic acids is 1. The minimum Gasteiger partial charge on any atom is -0.368 e. The summed E-state index contributed by atoms with van der Waals surface area (Å²) < 4.78 is 38.8. The van der Waals surface area contributed by atoms with Crippen molar-refractivity contribution in [1.82, 2.24) is 14.9 Å². The number of anilines is 1. The van der Waals surface area contributed by atoms with Crippen LogP contribution in [0, 0.1) is 5.92 Å². The molecule has 0 bridgehead atoms. The number of rotatable bonds is 3. The van der Waals surface area contributed by atoms with E-state index in [1.54, 1.807) is 6.20 Å². The Balaban J connectivity index is 1.66. The highest BCUT2D eigenvalue weighted by molar-refractivity contribution is 5.80. The molecule has 0 radical (unpaired) electrons. The van der Waals surface area contributed by atoms with Gasteiger partial charge in [0.05, 0.1) is 17.3 Å². The Kier molecular flexibility index (Phi) is 5.66. The SMILES string of the molecule is Nc1ncc(-c2ccc(C(F)(F)F)cc2)c([C@H]2CCCN2C(=O)C2CCCCC2)n1. The quantitative estimate of drug-likeness (QED) is 0.762. The summed E-state index contributed by atoms with van der Waals surface area (Å²) >= 11 is 0. The summed E-state index contributed by atoms with van der Waals surface area (Å²) in [6.07, 6.45) is 3.92. The van der Waals surface area contributed by atoms with Gasteiger partial charge in [0.1, 0.15) is 0 Å². The Bertz CT molecular complexity index is 908. The van der Waals surface area contributed by atoms with Gasteiger partial charge in [0.15, 0.2) is 0 Å². The van der Waals surface area contributed by atoms with Crippen LogP contribution in [-0.2, 0) is 11.0 Å². The molecule has 1 atom stereocenters. The highest BCUT2D eigenvalue weighted by Gasteiger charge is 2.36. The van der Waals surface area contributed by atoms with Crippen molar-refractivity contribution in [3.8, 4) is 11.1 Å². The van der Waals surface area contributed by atoms with Crippen molar-refractivity contribution in [3.05, 3.63) is 41.7 Å². The Labute approximate surface area is 173 Å². The first kappa shape index (κ1) is 20.6. The number of halogens is 3. The molecule has 5 nitrogen and oxygen atoms in total. The second kappa shape index (κ2) is 8.24. The standard InChI is InChI=1S/C22H25F3N4O/c23-22(24,25)16-10-8-14(9-11-16)17-13-27-21(26)28-19(17)18-7-4-12-29(18)20(30)15-5-2-1-3-6-15/h8-11,13,15,18H,1-7,12H2,(H2,26,27,28)/t18-/m1/s1. The Hall–Kier alpha value is -2.64. The normalized spacial score (nSPS) is 20.5. The first-order valence-electron chi connectivity index (χ1n) is 10.4. The monoisotopic (exact) mass is 418 g/mol. The molecule has 4 rings (SSSR count). The van der Waals surface area contributed by atoms with E-state index in [-0.39, 0.29) is 23.8 Å². The molecule has 160 valence electrons. The lowest BCUT2D eigenvalue weighted by atomic mass is 9.88. The molecule has 1 aromatic carbocycles. The lowest BCUT2D eigenvalue weighted by molar-refractivity contribution is -0.138. The van der Waals surface area contributed by atoms with Gasteiger partial charge in [-0.1, -0.05) is 31.4 Å². The van der Waals surface area contributed by atoms with E-state index in [0.717, 1.165) is 50.7 Å². The number of benzene rings is 1. The number of alkyl halides is 3. The second-order valence-corrected chi connectivity index (χ2v) is 8.13. The maximum absolute atomic E-state index is 13.2. The highest BCUT2D eigenvalue weighted by atomic mass is 19.4.